The highest BCUT2D eigenvalue weighted by Crippen LogP contribution is 2.13. The summed E-state index contributed by atoms with van der Waals surface area (Å²) in [5.74, 6) is 1.82. The number of aliphatic hydroxyl groups excluding tert-OH is 1. The number of carbonyl (C=O) groups is 2. The minimum atomic E-state index is -0.340. The fourth-order valence-corrected chi connectivity index (χ4v) is 2.80. The van der Waals surface area contributed by atoms with Crippen molar-refractivity contribution in [3.8, 4) is 12.3 Å². The van der Waals surface area contributed by atoms with E-state index in [1.807, 2.05) is 0 Å². The third kappa shape index (κ3) is 5.87. The first kappa shape index (κ1) is 18.9. The average Bonchev–Trinajstić information content (AvgIpc) is 2.61. The summed E-state index contributed by atoms with van der Waals surface area (Å²) in [4.78, 5) is 27.7. The zero-order chi connectivity index (χ0) is 18.2. The minimum Gasteiger partial charge on any atom is -0.393 e. The summed E-state index contributed by atoms with van der Waals surface area (Å²) in [6, 6.07) is 5.89. The van der Waals surface area contributed by atoms with Crippen molar-refractivity contribution < 1.29 is 19.1 Å². The van der Waals surface area contributed by atoms with E-state index in [0.717, 1.165) is 5.56 Å². The Labute approximate surface area is 147 Å². The lowest BCUT2D eigenvalue weighted by atomic mass is 10.1. The Balaban J connectivity index is 1.86. The van der Waals surface area contributed by atoms with Gasteiger partial charge in [0, 0.05) is 32.5 Å². The Hall–Kier alpha value is -2.39. The maximum Gasteiger partial charge on any atom is 0.224 e. The van der Waals surface area contributed by atoms with Crippen molar-refractivity contribution in [3.05, 3.63) is 35.6 Å². The molecule has 1 N–H and O–H groups in total. The van der Waals surface area contributed by atoms with E-state index in [1.54, 1.807) is 17.0 Å². The van der Waals surface area contributed by atoms with Gasteiger partial charge in [0.2, 0.25) is 11.8 Å². The smallest absolute Gasteiger partial charge is 0.224 e. The van der Waals surface area contributed by atoms with Crippen molar-refractivity contribution in [1.29, 1.82) is 0 Å². The van der Waals surface area contributed by atoms with E-state index in [4.69, 9.17) is 6.42 Å². The number of carbonyl (C=O) groups excluding carboxylic acids is 2. The van der Waals surface area contributed by atoms with Gasteiger partial charge < -0.3 is 14.9 Å². The molecule has 0 bridgehead atoms. The van der Waals surface area contributed by atoms with Crippen LogP contribution in [0.15, 0.2) is 24.3 Å². The van der Waals surface area contributed by atoms with Crippen LogP contribution in [0.2, 0.25) is 0 Å². The maximum atomic E-state index is 13.0. The quantitative estimate of drug-likeness (QED) is 0.795. The standard InChI is InChI=1S/C19H23FN2O3/c1-2-11-22(14-15-3-5-16(20)6-4-15)19(25)8-7-18(24)21-12-9-17(23)10-13-21/h1,3-6,17,23H,7-14H2. The molecule has 0 aromatic heterocycles. The molecule has 1 heterocycles. The van der Waals surface area contributed by atoms with Gasteiger partial charge in [-0.3, -0.25) is 9.59 Å². The number of terminal acetylenes is 1. The van der Waals surface area contributed by atoms with Crippen LogP contribution in [0.25, 0.3) is 0 Å². The van der Waals surface area contributed by atoms with Crippen LogP contribution in [0.5, 0.6) is 0 Å². The molecule has 1 aliphatic rings. The first-order valence-corrected chi connectivity index (χ1v) is 8.41. The number of nitrogens with zero attached hydrogens (tertiary/aromatic N) is 2. The monoisotopic (exact) mass is 346 g/mol. The van der Waals surface area contributed by atoms with Crippen LogP contribution < -0.4 is 0 Å². The Kier molecular flexibility index (Phi) is 6.96. The molecule has 1 aromatic rings. The highest BCUT2D eigenvalue weighted by atomic mass is 19.1. The van der Waals surface area contributed by atoms with E-state index in [2.05, 4.69) is 5.92 Å². The van der Waals surface area contributed by atoms with Crippen LogP contribution in [0, 0.1) is 18.2 Å². The molecule has 6 heteroatoms. The number of hydrogen-bond acceptors (Lipinski definition) is 3. The van der Waals surface area contributed by atoms with Crippen LogP contribution >= 0.6 is 0 Å². The minimum absolute atomic E-state index is 0.0808. The number of aliphatic hydroxyl groups is 1. The van der Waals surface area contributed by atoms with E-state index in [9.17, 15) is 19.1 Å². The molecule has 25 heavy (non-hydrogen) atoms. The van der Waals surface area contributed by atoms with Gasteiger partial charge >= 0.3 is 0 Å². The molecule has 0 spiro atoms. The number of rotatable bonds is 6. The van der Waals surface area contributed by atoms with Crippen molar-refractivity contribution in [2.45, 2.75) is 38.3 Å². The molecule has 1 saturated heterocycles. The van der Waals surface area contributed by atoms with E-state index in [1.165, 1.54) is 17.0 Å². The second-order valence-corrected chi connectivity index (χ2v) is 6.19. The topological polar surface area (TPSA) is 60.9 Å². The van der Waals surface area contributed by atoms with Gasteiger partial charge in [0.1, 0.15) is 5.82 Å². The SMILES string of the molecule is C#CCN(Cc1ccc(F)cc1)C(=O)CCC(=O)N1CCC(O)CC1. The van der Waals surface area contributed by atoms with Crippen molar-refractivity contribution >= 4 is 11.8 Å². The normalized spacial score (nSPS) is 14.8. The molecule has 2 amide bonds. The first-order valence-electron chi connectivity index (χ1n) is 8.41. The van der Waals surface area contributed by atoms with E-state index in [0.29, 0.717) is 25.9 Å². The molecule has 0 radical (unpaired) electrons. The van der Waals surface area contributed by atoms with Gasteiger partial charge in [-0.2, -0.15) is 0 Å². The Morgan fingerprint density at radius 3 is 2.48 bits per heavy atom. The van der Waals surface area contributed by atoms with Gasteiger partial charge in [-0.1, -0.05) is 18.1 Å². The molecule has 1 aromatic carbocycles. The van der Waals surface area contributed by atoms with Crippen LogP contribution in [0.3, 0.4) is 0 Å². The molecule has 1 aliphatic heterocycles. The first-order chi connectivity index (χ1) is 12.0. The van der Waals surface area contributed by atoms with Gasteiger partial charge in [-0.05, 0) is 30.5 Å². The van der Waals surface area contributed by atoms with Crippen LogP contribution in [0.4, 0.5) is 4.39 Å². The maximum absolute atomic E-state index is 13.0. The molecule has 0 aliphatic carbocycles. The molecule has 0 atom stereocenters. The number of benzene rings is 1. The highest BCUT2D eigenvalue weighted by Gasteiger charge is 2.22. The lowest BCUT2D eigenvalue weighted by molar-refractivity contribution is -0.138. The summed E-state index contributed by atoms with van der Waals surface area (Å²) >= 11 is 0. The number of likely N-dealkylation sites (tertiary alicyclic amines) is 1. The number of amides is 2. The lowest BCUT2D eigenvalue weighted by Gasteiger charge is -2.30. The van der Waals surface area contributed by atoms with Gasteiger partial charge in [-0.15, -0.1) is 6.42 Å². The van der Waals surface area contributed by atoms with Crippen molar-refractivity contribution in [1.82, 2.24) is 9.80 Å². The number of halogens is 1. The molecular weight excluding hydrogens is 323 g/mol. The van der Waals surface area contributed by atoms with Gasteiger partial charge in [-0.25, -0.2) is 4.39 Å². The van der Waals surface area contributed by atoms with Gasteiger partial charge in [0.25, 0.3) is 0 Å². The second kappa shape index (κ2) is 9.19. The number of hydrogen-bond donors (Lipinski definition) is 1. The zero-order valence-electron chi connectivity index (χ0n) is 14.2. The molecule has 2 rings (SSSR count). The summed E-state index contributed by atoms with van der Waals surface area (Å²) < 4.78 is 13.0. The zero-order valence-corrected chi connectivity index (χ0v) is 14.2. The Morgan fingerprint density at radius 1 is 1.24 bits per heavy atom. The second-order valence-electron chi connectivity index (χ2n) is 6.19. The summed E-state index contributed by atoms with van der Waals surface area (Å²) in [6.45, 7) is 1.48. The van der Waals surface area contributed by atoms with Gasteiger partial charge in [0.15, 0.2) is 0 Å². The van der Waals surface area contributed by atoms with E-state index < -0.39 is 0 Å². The molecule has 134 valence electrons. The molecule has 5 nitrogen and oxygen atoms in total. The average molecular weight is 346 g/mol. The van der Waals surface area contributed by atoms with E-state index >= 15 is 0 Å². The van der Waals surface area contributed by atoms with Crippen LogP contribution in [0.1, 0.15) is 31.2 Å². The largest absolute Gasteiger partial charge is 0.393 e. The van der Waals surface area contributed by atoms with Gasteiger partial charge in [0.05, 0.1) is 12.6 Å². The summed E-state index contributed by atoms with van der Waals surface area (Å²) in [7, 11) is 0. The lowest BCUT2D eigenvalue weighted by Crippen LogP contribution is -2.40. The number of piperidine rings is 1. The fourth-order valence-electron chi connectivity index (χ4n) is 2.80. The van der Waals surface area contributed by atoms with E-state index in [-0.39, 0.29) is 49.7 Å². The van der Waals surface area contributed by atoms with Crippen LogP contribution in [-0.2, 0) is 16.1 Å². The summed E-state index contributed by atoms with van der Waals surface area (Å²) in [5.41, 5.74) is 0.779. The fraction of sp³-hybridized carbons (Fsp3) is 0.474. The molecule has 0 unspecified atom stereocenters. The summed E-state index contributed by atoms with van der Waals surface area (Å²) in [6.07, 6.45) is 6.35. The Morgan fingerprint density at radius 2 is 1.88 bits per heavy atom. The third-order valence-electron chi connectivity index (χ3n) is 4.29. The predicted molar refractivity (Wildman–Crippen MR) is 91.7 cm³/mol. The molecule has 0 saturated carbocycles. The molecular formula is C19H23FN2O3. The van der Waals surface area contributed by atoms with Crippen LogP contribution in [-0.4, -0.2) is 52.5 Å². The molecule has 1 fully saturated rings. The third-order valence-corrected chi connectivity index (χ3v) is 4.29. The van der Waals surface area contributed by atoms with Crippen molar-refractivity contribution in [3.63, 3.8) is 0 Å². The predicted octanol–water partition coefficient (Wildman–Crippen LogP) is 1.55. The van der Waals surface area contributed by atoms with Crippen molar-refractivity contribution in [2.24, 2.45) is 0 Å². The summed E-state index contributed by atoms with van der Waals surface area (Å²) in [5, 5.41) is 9.47. The highest BCUT2D eigenvalue weighted by molar-refractivity contribution is 5.84. The Bertz CT molecular complexity index is 631. The van der Waals surface area contributed by atoms with Crippen molar-refractivity contribution in [2.75, 3.05) is 19.6 Å².